The highest BCUT2D eigenvalue weighted by Crippen LogP contribution is 2.14. The van der Waals surface area contributed by atoms with Gasteiger partial charge in [-0.25, -0.2) is 13.6 Å². The first kappa shape index (κ1) is 23.8. The number of anilines is 1. The van der Waals surface area contributed by atoms with Crippen LogP contribution in [-0.2, 0) is 14.3 Å². The van der Waals surface area contributed by atoms with Crippen molar-refractivity contribution in [3.05, 3.63) is 59.7 Å². The molecular formula is C22H24F2N2O5. The van der Waals surface area contributed by atoms with Gasteiger partial charge < -0.3 is 20.1 Å². The molecule has 31 heavy (non-hydrogen) atoms. The van der Waals surface area contributed by atoms with E-state index in [4.69, 9.17) is 9.47 Å². The average Bonchev–Trinajstić information content (AvgIpc) is 2.76. The van der Waals surface area contributed by atoms with Crippen molar-refractivity contribution in [3.8, 4) is 5.75 Å². The minimum Gasteiger partial charge on any atom is -0.494 e. The quantitative estimate of drug-likeness (QED) is 0.417. The minimum absolute atomic E-state index is 0.0439. The number of halogens is 2. The third-order valence-corrected chi connectivity index (χ3v) is 4.09. The summed E-state index contributed by atoms with van der Waals surface area (Å²) >= 11 is 0. The lowest BCUT2D eigenvalue weighted by atomic mass is 10.2. The van der Waals surface area contributed by atoms with Gasteiger partial charge in [0.2, 0.25) is 5.91 Å². The van der Waals surface area contributed by atoms with Gasteiger partial charge in [-0.2, -0.15) is 0 Å². The van der Waals surface area contributed by atoms with Crippen LogP contribution in [0.1, 0.15) is 36.5 Å². The highest BCUT2D eigenvalue weighted by Gasteiger charge is 2.12. The van der Waals surface area contributed by atoms with E-state index in [9.17, 15) is 23.2 Å². The summed E-state index contributed by atoms with van der Waals surface area (Å²) in [6.07, 6.45) is 3.13. The zero-order chi connectivity index (χ0) is 22.6. The van der Waals surface area contributed by atoms with Gasteiger partial charge in [0.1, 0.15) is 5.75 Å². The Labute approximate surface area is 178 Å². The second-order valence-electron chi connectivity index (χ2n) is 6.61. The molecule has 9 heteroatoms. The van der Waals surface area contributed by atoms with Crippen LogP contribution in [-0.4, -0.2) is 37.5 Å². The van der Waals surface area contributed by atoms with E-state index in [1.54, 1.807) is 12.1 Å². The van der Waals surface area contributed by atoms with Gasteiger partial charge in [-0.15, -0.1) is 0 Å². The molecule has 166 valence electrons. The van der Waals surface area contributed by atoms with E-state index >= 15 is 0 Å². The fraction of sp³-hybridized carbons (Fsp3) is 0.318. The summed E-state index contributed by atoms with van der Waals surface area (Å²) in [7, 11) is 0. The van der Waals surface area contributed by atoms with Gasteiger partial charge in [0, 0.05) is 11.8 Å². The molecule has 2 aromatic rings. The maximum atomic E-state index is 13.1. The van der Waals surface area contributed by atoms with Gasteiger partial charge in [0.15, 0.2) is 18.2 Å². The Morgan fingerprint density at radius 2 is 1.68 bits per heavy atom. The van der Waals surface area contributed by atoms with Crippen molar-refractivity contribution in [3.63, 3.8) is 0 Å². The molecule has 0 aliphatic carbocycles. The van der Waals surface area contributed by atoms with Crippen LogP contribution in [0.3, 0.4) is 0 Å². The van der Waals surface area contributed by atoms with Gasteiger partial charge >= 0.3 is 5.97 Å². The summed E-state index contributed by atoms with van der Waals surface area (Å²) in [6.45, 7) is 1.69. The number of hydrogen-bond donors (Lipinski definition) is 2. The molecule has 0 unspecified atom stereocenters. The van der Waals surface area contributed by atoms with Crippen LogP contribution in [0.25, 0.3) is 0 Å². The molecular weight excluding hydrogens is 410 g/mol. The van der Waals surface area contributed by atoms with Crippen LogP contribution < -0.4 is 15.4 Å². The van der Waals surface area contributed by atoms with Crippen LogP contribution in [0, 0.1) is 11.6 Å². The van der Waals surface area contributed by atoms with Crippen molar-refractivity contribution in [1.29, 1.82) is 0 Å². The summed E-state index contributed by atoms with van der Waals surface area (Å²) in [4.78, 5) is 35.5. The molecule has 0 bridgehead atoms. The van der Waals surface area contributed by atoms with E-state index in [0.29, 0.717) is 12.4 Å². The molecule has 2 amide bonds. The Bertz CT molecular complexity index is 903. The Kier molecular flexibility index (Phi) is 9.41. The Hall–Kier alpha value is -3.49. The van der Waals surface area contributed by atoms with Crippen molar-refractivity contribution in [2.75, 3.05) is 25.1 Å². The molecule has 0 atom stereocenters. The van der Waals surface area contributed by atoms with E-state index in [-0.39, 0.29) is 11.3 Å². The number of esters is 1. The maximum Gasteiger partial charge on any atom is 0.338 e. The van der Waals surface area contributed by atoms with Crippen LogP contribution in [0.2, 0.25) is 0 Å². The molecule has 0 aliphatic rings. The van der Waals surface area contributed by atoms with Crippen LogP contribution in [0.5, 0.6) is 5.75 Å². The van der Waals surface area contributed by atoms with Crippen molar-refractivity contribution < 1.29 is 32.6 Å². The third-order valence-electron chi connectivity index (χ3n) is 4.09. The van der Waals surface area contributed by atoms with Gasteiger partial charge in [0.25, 0.3) is 5.91 Å². The molecule has 0 saturated heterocycles. The number of amides is 2. The van der Waals surface area contributed by atoms with E-state index in [2.05, 4.69) is 17.6 Å². The van der Waals surface area contributed by atoms with Gasteiger partial charge in [-0.05, 0) is 42.8 Å². The maximum absolute atomic E-state index is 13.1. The summed E-state index contributed by atoms with van der Waals surface area (Å²) in [5, 5.41) is 4.56. The second kappa shape index (κ2) is 12.3. The fourth-order valence-electron chi connectivity index (χ4n) is 2.45. The van der Waals surface area contributed by atoms with Gasteiger partial charge in [-0.3, -0.25) is 9.59 Å². The first-order valence-electron chi connectivity index (χ1n) is 9.80. The van der Waals surface area contributed by atoms with Crippen LogP contribution >= 0.6 is 0 Å². The van der Waals surface area contributed by atoms with Crippen LogP contribution in [0.4, 0.5) is 14.5 Å². The van der Waals surface area contributed by atoms with Crippen molar-refractivity contribution >= 4 is 23.5 Å². The highest BCUT2D eigenvalue weighted by molar-refractivity contribution is 5.95. The van der Waals surface area contributed by atoms with Gasteiger partial charge in [-0.1, -0.05) is 19.8 Å². The van der Waals surface area contributed by atoms with E-state index in [1.807, 2.05) is 0 Å². The normalized spacial score (nSPS) is 10.3. The van der Waals surface area contributed by atoms with Crippen molar-refractivity contribution in [2.24, 2.45) is 0 Å². The minimum atomic E-state index is -1.11. The standard InChI is InChI=1S/C22H24F2N2O5/c1-2-3-4-11-30-17-8-5-15(6-9-17)22(29)31-14-21(28)25-13-20(27)26-16-7-10-18(23)19(24)12-16/h5-10,12H,2-4,11,13-14H2,1H3,(H,25,28)(H,26,27). The Morgan fingerprint density at radius 1 is 0.935 bits per heavy atom. The summed E-state index contributed by atoms with van der Waals surface area (Å²) in [5.41, 5.74) is 0.298. The first-order valence-corrected chi connectivity index (χ1v) is 9.80. The predicted octanol–water partition coefficient (Wildman–Crippen LogP) is 3.45. The second-order valence-corrected chi connectivity index (χ2v) is 6.61. The largest absolute Gasteiger partial charge is 0.494 e. The zero-order valence-electron chi connectivity index (χ0n) is 17.1. The molecule has 0 radical (unpaired) electrons. The van der Waals surface area contributed by atoms with E-state index < -0.39 is 42.6 Å². The molecule has 0 spiro atoms. The molecule has 0 saturated carbocycles. The molecule has 2 N–H and O–H groups in total. The van der Waals surface area contributed by atoms with Crippen molar-refractivity contribution in [1.82, 2.24) is 5.32 Å². The number of nitrogens with one attached hydrogen (secondary N) is 2. The predicted molar refractivity (Wildman–Crippen MR) is 110 cm³/mol. The summed E-state index contributed by atoms with van der Waals surface area (Å²) in [6, 6.07) is 9.22. The van der Waals surface area contributed by atoms with Crippen molar-refractivity contribution in [2.45, 2.75) is 26.2 Å². The molecule has 2 rings (SSSR count). The van der Waals surface area contributed by atoms with E-state index in [0.717, 1.165) is 31.4 Å². The number of carbonyl (C=O) groups is 3. The lowest BCUT2D eigenvalue weighted by Crippen LogP contribution is -2.35. The number of unbranched alkanes of at least 4 members (excludes halogenated alkanes) is 2. The fourth-order valence-corrected chi connectivity index (χ4v) is 2.45. The highest BCUT2D eigenvalue weighted by atomic mass is 19.2. The summed E-state index contributed by atoms with van der Waals surface area (Å²) < 4.78 is 36.4. The zero-order valence-corrected chi connectivity index (χ0v) is 17.1. The molecule has 7 nitrogen and oxygen atoms in total. The molecule has 0 heterocycles. The smallest absolute Gasteiger partial charge is 0.338 e. The number of hydrogen-bond acceptors (Lipinski definition) is 5. The molecule has 0 aromatic heterocycles. The molecule has 0 aliphatic heterocycles. The Morgan fingerprint density at radius 3 is 2.35 bits per heavy atom. The monoisotopic (exact) mass is 434 g/mol. The topological polar surface area (TPSA) is 93.7 Å². The lowest BCUT2D eigenvalue weighted by Gasteiger charge is -2.09. The number of ether oxygens (including phenoxy) is 2. The van der Waals surface area contributed by atoms with E-state index in [1.165, 1.54) is 18.2 Å². The SMILES string of the molecule is CCCCCOc1ccc(C(=O)OCC(=O)NCC(=O)Nc2ccc(F)c(F)c2)cc1. The third kappa shape index (κ3) is 8.41. The van der Waals surface area contributed by atoms with Crippen LogP contribution in [0.15, 0.2) is 42.5 Å². The molecule has 2 aromatic carbocycles. The summed E-state index contributed by atoms with van der Waals surface area (Å²) in [5.74, 6) is -3.55. The lowest BCUT2D eigenvalue weighted by molar-refractivity contribution is -0.126. The Balaban J connectivity index is 1.69. The average molecular weight is 434 g/mol. The van der Waals surface area contributed by atoms with Gasteiger partial charge in [0.05, 0.1) is 18.7 Å². The molecule has 0 fully saturated rings. The number of benzene rings is 2. The first-order chi connectivity index (χ1) is 14.9. The number of carbonyl (C=O) groups excluding carboxylic acids is 3. The number of rotatable bonds is 11.